The van der Waals surface area contributed by atoms with Crippen molar-refractivity contribution in [1.82, 2.24) is 10.3 Å². The Morgan fingerprint density at radius 1 is 1.20 bits per heavy atom. The maximum absolute atomic E-state index is 5.78. The molecular formula is C15H26N2O3. The summed E-state index contributed by atoms with van der Waals surface area (Å²) in [5, 5.41) is 3.37. The third-order valence-corrected chi connectivity index (χ3v) is 2.68. The van der Waals surface area contributed by atoms with Crippen molar-refractivity contribution >= 4 is 0 Å². The minimum atomic E-state index is 0.442. The summed E-state index contributed by atoms with van der Waals surface area (Å²) in [4.78, 5) is 4.14. The van der Waals surface area contributed by atoms with E-state index in [4.69, 9.17) is 14.2 Å². The lowest BCUT2D eigenvalue weighted by molar-refractivity contribution is 0.0644. The SMILES string of the molecule is COCCOCCCOc1ccncc1CNC(C)C. The zero-order valence-electron chi connectivity index (χ0n) is 12.7. The Hall–Kier alpha value is -1.17. The summed E-state index contributed by atoms with van der Waals surface area (Å²) in [6, 6.07) is 2.35. The van der Waals surface area contributed by atoms with E-state index in [0.29, 0.717) is 32.5 Å². The molecule has 0 amide bonds. The monoisotopic (exact) mass is 282 g/mol. The zero-order chi connectivity index (χ0) is 14.6. The van der Waals surface area contributed by atoms with Crippen LogP contribution in [0, 0.1) is 0 Å². The number of methoxy groups -OCH3 is 1. The summed E-state index contributed by atoms with van der Waals surface area (Å²) >= 11 is 0. The van der Waals surface area contributed by atoms with Crippen molar-refractivity contribution in [3.05, 3.63) is 24.0 Å². The molecule has 1 heterocycles. The minimum Gasteiger partial charge on any atom is -0.493 e. The van der Waals surface area contributed by atoms with Gasteiger partial charge in [-0.05, 0) is 6.07 Å². The van der Waals surface area contributed by atoms with Gasteiger partial charge in [-0.25, -0.2) is 0 Å². The fraction of sp³-hybridized carbons (Fsp3) is 0.667. The van der Waals surface area contributed by atoms with Crippen LogP contribution in [0.4, 0.5) is 0 Å². The molecule has 0 fully saturated rings. The molecule has 0 aliphatic rings. The van der Waals surface area contributed by atoms with E-state index in [2.05, 4.69) is 24.1 Å². The fourth-order valence-corrected chi connectivity index (χ4v) is 1.59. The highest BCUT2D eigenvalue weighted by molar-refractivity contribution is 5.29. The summed E-state index contributed by atoms with van der Waals surface area (Å²) in [6.45, 7) is 7.61. The van der Waals surface area contributed by atoms with Crippen molar-refractivity contribution in [2.75, 3.05) is 33.5 Å². The molecule has 1 rings (SSSR count). The third kappa shape index (κ3) is 7.43. The van der Waals surface area contributed by atoms with E-state index in [1.807, 2.05) is 12.3 Å². The number of aromatic nitrogens is 1. The van der Waals surface area contributed by atoms with Crippen LogP contribution in [0.5, 0.6) is 5.75 Å². The van der Waals surface area contributed by atoms with Gasteiger partial charge in [-0.1, -0.05) is 13.8 Å². The second kappa shape index (κ2) is 10.6. The highest BCUT2D eigenvalue weighted by Crippen LogP contribution is 2.16. The Labute approximate surface area is 121 Å². The average Bonchev–Trinajstić information content (AvgIpc) is 2.45. The van der Waals surface area contributed by atoms with Crippen molar-refractivity contribution in [2.24, 2.45) is 0 Å². The van der Waals surface area contributed by atoms with Gasteiger partial charge in [0.25, 0.3) is 0 Å². The molecule has 0 aliphatic heterocycles. The molecule has 1 N–H and O–H groups in total. The maximum Gasteiger partial charge on any atom is 0.126 e. The lowest BCUT2D eigenvalue weighted by Crippen LogP contribution is -2.22. The molecule has 0 saturated carbocycles. The topological polar surface area (TPSA) is 52.6 Å². The molecular weight excluding hydrogens is 256 g/mol. The molecule has 0 radical (unpaired) electrons. The van der Waals surface area contributed by atoms with Gasteiger partial charge in [0, 0.05) is 50.7 Å². The molecule has 0 aliphatic carbocycles. The molecule has 5 nitrogen and oxygen atoms in total. The summed E-state index contributed by atoms with van der Waals surface area (Å²) in [5.74, 6) is 0.894. The number of pyridine rings is 1. The predicted molar refractivity (Wildman–Crippen MR) is 79.0 cm³/mol. The van der Waals surface area contributed by atoms with Crippen LogP contribution in [0.2, 0.25) is 0 Å². The first-order valence-corrected chi connectivity index (χ1v) is 7.09. The van der Waals surface area contributed by atoms with Crippen LogP contribution in [0.3, 0.4) is 0 Å². The van der Waals surface area contributed by atoms with Crippen LogP contribution >= 0.6 is 0 Å². The number of nitrogens with zero attached hydrogens (tertiary/aromatic N) is 1. The van der Waals surface area contributed by atoms with Crippen molar-refractivity contribution < 1.29 is 14.2 Å². The lowest BCUT2D eigenvalue weighted by Gasteiger charge is -2.13. The average molecular weight is 282 g/mol. The Morgan fingerprint density at radius 3 is 2.80 bits per heavy atom. The quantitative estimate of drug-likeness (QED) is 0.629. The summed E-state index contributed by atoms with van der Waals surface area (Å²) < 4.78 is 16.1. The largest absolute Gasteiger partial charge is 0.493 e. The second-order valence-corrected chi connectivity index (χ2v) is 4.83. The summed E-state index contributed by atoms with van der Waals surface area (Å²) in [6.07, 6.45) is 4.46. The van der Waals surface area contributed by atoms with Gasteiger partial charge in [0.05, 0.1) is 19.8 Å². The minimum absolute atomic E-state index is 0.442. The van der Waals surface area contributed by atoms with Gasteiger partial charge in [-0.3, -0.25) is 4.98 Å². The normalized spacial score (nSPS) is 11.0. The third-order valence-electron chi connectivity index (χ3n) is 2.68. The Kier molecular flexibility index (Phi) is 8.95. The van der Waals surface area contributed by atoms with Gasteiger partial charge in [-0.15, -0.1) is 0 Å². The maximum atomic E-state index is 5.78. The van der Waals surface area contributed by atoms with Crippen molar-refractivity contribution in [3.8, 4) is 5.75 Å². The van der Waals surface area contributed by atoms with E-state index in [0.717, 1.165) is 24.3 Å². The van der Waals surface area contributed by atoms with Crippen molar-refractivity contribution in [2.45, 2.75) is 32.9 Å². The Balaban J connectivity index is 2.25. The Morgan fingerprint density at radius 2 is 2.05 bits per heavy atom. The smallest absolute Gasteiger partial charge is 0.126 e. The molecule has 5 heteroatoms. The molecule has 0 saturated heterocycles. The highest BCUT2D eigenvalue weighted by atomic mass is 16.5. The van der Waals surface area contributed by atoms with Crippen LogP contribution in [-0.4, -0.2) is 44.6 Å². The number of hydrogen-bond donors (Lipinski definition) is 1. The standard InChI is InChI=1S/C15H26N2O3/c1-13(2)17-12-14-11-16-6-5-15(14)20-8-4-7-19-10-9-18-3/h5-6,11,13,17H,4,7-10,12H2,1-3H3. The van der Waals surface area contributed by atoms with Crippen LogP contribution in [0.25, 0.3) is 0 Å². The highest BCUT2D eigenvalue weighted by Gasteiger charge is 2.04. The van der Waals surface area contributed by atoms with E-state index in [-0.39, 0.29) is 0 Å². The zero-order valence-corrected chi connectivity index (χ0v) is 12.7. The molecule has 114 valence electrons. The molecule has 20 heavy (non-hydrogen) atoms. The van der Waals surface area contributed by atoms with E-state index >= 15 is 0 Å². The van der Waals surface area contributed by atoms with Gasteiger partial charge >= 0.3 is 0 Å². The molecule has 1 aromatic heterocycles. The molecule has 0 unspecified atom stereocenters. The summed E-state index contributed by atoms with van der Waals surface area (Å²) in [5.41, 5.74) is 1.08. The van der Waals surface area contributed by atoms with Crippen molar-refractivity contribution in [3.63, 3.8) is 0 Å². The van der Waals surface area contributed by atoms with Crippen LogP contribution in [0.1, 0.15) is 25.8 Å². The molecule has 1 aromatic rings. The lowest BCUT2D eigenvalue weighted by atomic mass is 10.2. The number of ether oxygens (including phenoxy) is 3. The molecule has 0 spiro atoms. The first-order chi connectivity index (χ1) is 9.74. The van der Waals surface area contributed by atoms with Crippen LogP contribution < -0.4 is 10.1 Å². The van der Waals surface area contributed by atoms with Gasteiger partial charge in [0.1, 0.15) is 5.75 Å². The molecule has 0 aromatic carbocycles. The molecule has 0 atom stereocenters. The van der Waals surface area contributed by atoms with Crippen molar-refractivity contribution in [1.29, 1.82) is 0 Å². The predicted octanol–water partition coefficient (Wildman–Crippen LogP) is 2.01. The first-order valence-electron chi connectivity index (χ1n) is 7.09. The number of nitrogens with one attached hydrogen (secondary N) is 1. The first kappa shape index (κ1) is 16.9. The van der Waals surface area contributed by atoms with Gasteiger partial charge in [-0.2, -0.15) is 0 Å². The van der Waals surface area contributed by atoms with E-state index in [1.54, 1.807) is 13.3 Å². The van der Waals surface area contributed by atoms with Gasteiger partial charge < -0.3 is 19.5 Å². The number of hydrogen-bond acceptors (Lipinski definition) is 5. The van der Waals surface area contributed by atoms with E-state index in [1.165, 1.54) is 0 Å². The number of rotatable bonds is 11. The van der Waals surface area contributed by atoms with Crippen LogP contribution in [-0.2, 0) is 16.0 Å². The van der Waals surface area contributed by atoms with Gasteiger partial charge in [0.2, 0.25) is 0 Å². The van der Waals surface area contributed by atoms with E-state index < -0.39 is 0 Å². The van der Waals surface area contributed by atoms with E-state index in [9.17, 15) is 0 Å². The Bertz CT molecular complexity index is 359. The summed E-state index contributed by atoms with van der Waals surface area (Å²) in [7, 11) is 1.67. The van der Waals surface area contributed by atoms with Crippen LogP contribution in [0.15, 0.2) is 18.5 Å². The van der Waals surface area contributed by atoms with Gasteiger partial charge in [0.15, 0.2) is 0 Å². The fourth-order valence-electron chi connectivity index (χ4n) is 1.59. The second-order valence-electron chi connectivity index (χ2n) is 4.83. The molecule has 0 bridgehead atoms.